The molecule has 35 heavy (non-hydrogen) atoms. The van der Waals surface area contributed by atoms with E-state index in [1.807, 2.05) is 6.07 Å². The molecule has 0 spiro atoms. The van der Waals surface area contributed by atoms with E-state index in [0.717, 1.165) is 15.3 Å². The van der Waals surface area contributed by atoms with Gasteiger partial charge in [-0.3, -0.25) is 4.79 Å². The maximum absolute atomic E-state index is 13.2. The standard InChI is InChI=1S/C25H23N3O5S2/c1-32-19-10-8-18(9-11-19)17-26-28(25-27-22-13-12-20(33-2)16-23(22)34-25)24(29)14-15-35(30,31)21-6-4-3-5-7-21/h3-13,16-17H,14-15H2,1-2H3/b26-17+. The number of carbonyl (C=O) groups excluding carboxylic acids is 1. The molecule has 0 saturated carbocycles. The molecule has 0 unspecified atom stereocenters. The van der Waals surface area contributed by atoms with E-state index in [9.17, 15) is 13.2 Å². The van der Waals surface area contributed by atoms with Gasteiger partial charge in [-0.15, -0.1) is 0 Å². The summed E-state index contributed by atoms with van der Waals surface area (Å²) in [5.74, 6) is 0.534. The molecule has 0 aliphatic heterocycles. The SMILES string of the molecule is COc1ccc(/C=N/N(C(=O)CCS(=O)(=O)c2ccccc2)c2nc3ccc(OC)cc3s2)cc1. The van der Waals surface area contributed by atoms with Crippen molar-refractivity contribution in [2.75, 3.05) is 25.0 Å². The number of methoxy groups -OCH3 is 2. The zero-order chi connectivity index (χ0) is 24.8. The van der Waals surface area contributed by atoms with Crippen LogP contribution in [0.4, 0.5) is 5.13 Å². The molecule has 0 radical (unpaired) electrons. The van der Waals surface area contributed by atoms with Crippen molar-refractivity contribution in [3.63, 3.8) is 0 Å². The van der Waals surface area contributed by atoms with Gasteiger partial charge < -0.3 is 9.47 Å². The predicted molar refractivity (Wildman–Crippen MR) is 137 cm³/mol. The minimum absolute atomic E-state index is 0.174. The summed E-state index contributed by atoms with van der Waals surface area (Å²) in [5.41, 5.74) is 1.42. The van der Waals surface area contributed by atoms with Crippen LogP contribution in [-0.4, -0.2) is 45.5 Å². The molecule has 0 saturated heterocycles. The van der Waals surface area contributed by atoms with Crippen molar-refractivity contribution < 1.29 is 22.7 Å². The second-order valence-electron chi connectivity index (χ2n) is 7.44. The topological polar surface area (TPSA) is 98.2 Å². The van der Waals surface area contributed by atoms with Gasteiger partial charge >= 0.3 is 0 Å². The average molecular weight is 510 g/mol. The first kappa shape index (κ1) is 24.4. The number of anilines is 1. The molecule has 4 aromatic rings. The van der Waals surface area contributed by atoms with Gasteiger partial charge in [0, 0.05) is 6.42 Å². The van der Waals surface area contributed by atoms with Crippen LogP contribution in [-0.2, 0) is 14.6 Å². The first-order valence-corrected chi connectivity index (χ1v) is 13.1. The first-order chi connectivity index (χ1) is 16.9. The van der Waals surface area contributed by atoms with Crippen molar-refractivity contribution in [1.29, 1.82) is 0 Å². The molecule has 0 N–H and O–H groups in total. The van der Waals surface area contributed by atoms with Crippen LogP contribution in [0.1, 0.15) is 12.0 Å². The minimum Gasteiger partial charge on any atom is -0.497 e. The second kappa shape index (κ2) is 10.7. The van der Waals surface area contributed by atoms with Gasteiger partial charge in [0.1, 0.15) is 11.5 Å². The van der Waals surface area contributed by atoms with Gasteiger partial charge in [0.05, 0.1) is 41.3 Å². The lowest BCUT2D eigenvalue weighted by Crippen LogP contribution is -2.27. The van der Waals surface area contributed by atoms with Crippen molar-refractivity contribution in [2.24, 2.45) is 5.10 Å². The predicted octanol–water partition coefficient (Wildman–Crippen LogP) is 4.54. The Morgan fingerprint density at radius 2 is 1.69 bits per heavy atom. The average Bonchev–Trinajstić information content (AvgIpc) is 3.31. The van der Waals surface area contributed by atoms with Gasteiger partial charge in [-0.2, -0.15) is 10.1 Å². The Kier molecular flexibility index (Phi) is 7.42. The number of sulfone groups is 1. The van der Waals surface area contributed by atoms with Crippen molar-refractivity contribution in [3.05, 3.63) is 78.4 Å². The number of hydrazone groups is 1. The second-order valence-corrected chi connectivity index (χ2v) is 10.6. The number of aromatic nitrogens is 1. The van der Waals surface area contributed by atoms with Crippen LogP contribution in [0, 0.1) is 0 Å². The number of fused-ring (bicyclic) bond motifs is 1. The number of ether oxygens (including phenoxy) is 2. The lowest BCUT2D eigenvalue weighted by Gasteiger charge is -2.14. The first-order valence-electron chi connectivity index (χ1n) is 10.6. The van der Waals surface area contributed by atoms with Gasteiger partial charge in [0.2, 0.25) is 5.13 Å². The number of hydrogen-bond donors (Lipinski definition) is 0. The molecule has 0 fully saturated rings. The van der Waals surface area contributed by atoms with Crippen LogP contribution in [0.2, 0.25) is 0 Å². The van der Waals surface area contributed by atoms with Crippen LogP contribution in [0.25, 0.3) is 10.2 Å². The van der Waals surface area contributed by atoms with Gasteiger partial charge in [-0.25, -0.2) is 13.4 Å². The lowest BCUT2D eigenvalue weighted by molar-refractivity contribution is -0.118. The highest BCUT2D eigenvalue weighted by Gasteiger charge is 2.23. The number of amides is 1. The molecule has 0 aliphatic carbocycles. The zero-order valence-corrected chi connectivity index (χ0v) is 20.8. The Labute approximate surface area is 207 Å². The van der Waals surface area contributed by atoms with E-state index in [1.54, 1.807) is 68.8 Å². The Morgan fingerprint density at radius 3 is 2.37 bits per heavy atom. The maximum atomic E-state index is 13.2. The normalized spacial score (nSPS) is 11.6. The molecule has 3 aromatic carbocycles. The molecule has 8 nitrogen and oxygen atoms in total. The molecule has 0 aliphatic rings. The number of benzene rings is 3. The van der Waals surface area contributed by atoms with Gasteiger partial charge in [0.25, 0.3) is 5.91 Å². The third kappa shape index (κ3) is 5.84. The van der Waals surface area contributed by atoms with Gasteiger partial charge in [-0.05, 0) is 60.2 Å². The van der Waals surface area contributed by atoms with E-state index < -0.39 is 15.7 Å². The largest absolute Gasteiger partial charge is 0.497 e. The molecule has 0 atom stereocenters. The van der Waals surface area contributed by atoms with Gasteiger partial charge in [0.15, 0.2) is 9.84 Å². The number of carbonyl (C=O) groups is 1. The van der Waals surface area contributed by atoms with Crippen molar-refractivity contribution in [3.8, 4) is 11.5 Å². The van der Waals surface area contributed by atoms with E-state index in [4.69, 9.17) is 9.47 Å². The summed E-state index contributed by atoms with van der Waals surface area (Å²) in [6, 6.07) is 20.6. The summed E-state index contributed by atoms with van der Waals surface area (Å²) in [7, 11) is -0.473. The van der Waals surface area contributed by atoms with E-state index in [2.05, 4.69) is 10.1 Å². The summed E-state index contributed by atoms with van der Waals surface area (Å²) in [6.07, 6.45) is 1.27. The van der Waals surface area contributed by atoms with Crippen LogP contribution in [0.5, 0.6) is 11.5 Å². The molecule has 0 bridgehead atoms. The molecule has 1 heterocycles. The maximum Gasteiger partial charge on any atom is 0.250 e. The van der Waals surface area contributed by atoms with Crippen LogP contribution in [0.15, 0.2) is 82.8 Å². The Balaban J connectivity index is 1.62. The zero-order valence-electron chi connectivity index (χ0n) is 19.1. The minimum atomic E-state index is -3.63. The monoisotopic (exact) mass is 509 g/mol. The molecule has 1 aromatic heterocycles. The van der Waals surface area contributed by atoms with E-state index >= 15 is 0 Å². The fraction of sp³-hybridized carbons (Fsp3) is 0.160. The number of rotatable bonds is 9. The quantitative estimate of drug-likeness (QED) is 0.243. The van der Waals surface area contributed by atoms with E-state index in [1.165, 1.54) is 29.7 Å². The van der Waals surface area contributed by atoms with Crippen LogP contribution >= 0.6 is 11.3 Å². The van der Waals surface area contributed by atoms with Crippen molar-refractivity contribution in [2.45, 2.75) is 11.3 Å². The fourth-order valence-electron chi connectivity index (χ4n) is 3.22. The van der Waals surface area contributed by atoms with E-state index in [-0.39, 0.29) is 17.1 Å². The number of hydrogen-bond acceptors (Lipinski definition) is 8. The third-order valence-electron chi connectivity index (χ3n) is 5.13. The van der Waals surface area contributed by atoms with Crippen molar-refractivity contribution >= 4 is 48.6 Å². The summed E-state index contributed by atoms with van der Waals surface area (Å²) in [5, 5.41) is 5.86. The summed E-state index contributed by atoms with van der Waals surface area (Å²) in [4.78, 5) is 17.9. The smallest absolute Gasteiger partial charge is 0.250 e. The number of thiazole rings is 1. The molecular weight excluding hydrogens is 486 g/mol. The fourth-order valence-corrected chi connectivity index (χ4v) is 5.44. The Morgan fingerprint density at radius 1 is 1.00 bits per heavy atom. The van der Waals surface area contributed by atoms with Crippen molar-refractivity contribution in [1.82, 2.24) is 4.98 Å². The highest BCUT2D eigenvalue weighted by Crippen LogP contribution is 2.32. The van der Waals surface area contributed by atoms with Gasteiger partial charge in [-0.1, -0.05) is 29.5 Å². The molecule has 1 amide bonds. The van der Waals surface area contributed by atoms with Crippen LogP contribution in [0.3, 0.4) is 0 Å². The molecule has 180 valence electrons. The van der Waals surface area contributed by atoms with Crippen LogP contribution < -0.4 is 14.5 Å². The molecule has 10 heteroatoms. The summed E-state index contributed by atoms with van der Waals surface area (Å²) >= 11 is 1.26. The summed E-state index contributed by atoms with van der Waals surface area (Å²) in [6.45, 7) is 0. The molecule has 4 rings (SSSR count). The lowest BCUT2D eigenvalue weighted by atomic mass is 10.2. The third-order valence-corrected chi connectivity index (χ3v) is 7.85. The Bertz CT molecular complexity index is 1450. The number of nitrogens with zero attached hydrogens (tertiary/aromatic N) is 3. The van der Waals surface area contributed by atoms with E-state index in [0.29, 0.717) is 22.1 Å². The molecular formula is C25H23N3O5S2. The summed E-state index contributed by atoms with van der Waals surface area (Å²) < 4.78 is 36.7. The highest BCUT2D eigenvalue weighted by atomic mass is 32.2. The Hall–Kier alpha value is -3.76. The highest BCUT2D eigenvalue weighted by molar-refractivity contribution is 7.91.